The van der Waals surface area contributed by atoms with Crippen LogP contribution in [0.2, 0.25) is 0 Å². The van der Waals surface area contributed by atoms with Gasteiger partial charge in [0.15, 0.2) is 0 Å². The normalized spacial score (nSPS) is 10.7. The maximum absolute atomic E-state index is 12.8. The van der Waals surface area contributed by atoms with Crippen molar-refractivity contribution in [1.82, 2.24) is 9.78 Å². The van der Waals surface area contributed by atoms with Crippen LogP contribution >= 0.6 is 0 Å². The molecule has 0 radical (unpaired) electrons. The van der Waals surface area contributed by atoms with Gasteiger partial charge < -0.3 is 5.32 Å². The van der Waals surface area contributed by atoms with Crippen molar-refractivity contribution in [3.05, 3.63) is 51.8 Å². The molecule has 1 amide bonds. The molecule has 0 spiro atoms. The number of anilines is 1. The molecule has 2 rings (SSSR count). The van der Waals surface area contributed by atoms with Gasteiger partial charge in [-0.05, 0) is 25.1 Å². The number of hydrogen-bond acceptors (Lipinski definition) is 4. The molecular weight excluding hydrogens is 298 g/mol. The highest BCUT2D eigenvalue weighted by atomic mass is 19.3. The third-order valence-corrected chi connectivity index (χ3v) is 2.81. The lowest BCUT2D eigenvalue weighted by Gasteiger charge is -2.08. The molecule has 1 aromatic heterocycles. The van der Waals surface area contributed by atoms with Crippen LogP contribution < -0.4 is 5.32 Å². The van der Waals surface area contributed by atoms with Crippen LogP contribution in [0.15, 0.2) is 30.3 Å². The number of benzene rings is 1. The first-order valence-corrected chi connectivity index (χ1v) is 6.23. The fraction of sp³-hybridized carbons (Fsp3) is 0.231. The van der Waals surface area contributed by atoms with Crippen LogP contribution in [0, 0.1) is 17.0 Å². The molecule has 1 heterocycles. The van der Waals surface area contributed by atoms with E-state index < -0.39 is 17.3 Å². The van der Waals surface area contributed by atoms with Gasteiger partial charge in [-0.15, -0.1) is 0 Å². The average molecular weight is 310 g/mol. The summed E-state index contributed by atoms with van der Waals surface area (Å²) in [4.78, 5) is 21.8. The van der Waals surface area contributed by atoms with E-state index in [-0.39, 0.29) is 17.9 Å². The Morgan fingerprint density at radius 2 is 2.05 bits per heavy atom. The Labute approximate surface area is 123 Å². The van der Waals surface area contributed by atoms with E-state index in [1.54, 1.807) is 6.92 Å². The predicted octanol–water partition coefficient (Wildman–Crippen LogP) is 2.68. The van der Waals surface area contributed by atoms with Gasteiger partial charge in [-0.3, -0.25) is 19.6 Å². The summed E-state index contributed by atoms with van der Waals surface area (Å²) in [6.45, 7) is 1.18. The van der Waals surface area contributed by atoms with E-state index in [0.717, 1.165) is 4.68 Å². The van der Waals surface area contributed by atoms with Crippen molar-refractivity contribution in [1.29, 1.82) is 0 Å². The molecule has 0 saturated carbocycles. The minimum atomic E-state index is -2.73. The van der Waals surface area contributed by atoms with Gasteiger partial charge in [0.25, 0.3) is 12.1 Å². The van der Waals surface area contributed by atoms with E-state index in [4.69, 9.17) is 0 Å². The van der Waals surface area contributed by atoms with E-state index in [1.807, 2.05) is 0 Å². The van der Waals surface area contributed by atoms with Gasteiger partial charge in [-0.1, -0.05) is 0 Å². The zero-order valence-electron chi connectivity index (χ0n) is 11.5. The van der Waals surface area contributed by atoms with Crippen LogP contribution in [0.1, 0.15) is 17.8 Å². The Morgan fingerprint density at radius 3 is 2.59 bits per heavy atom. The standard InChI is InChI=1S/C13H12F2N4O3/c1-8-6-11(13(14)15)18(17-8)7-12(20)16-9-2-4-10(5-3-9)19(21)22/h2-6,13H,7H2,1H3,(H,16,20). The Hall–Kier alpha value is -2.84. The van der Waals surface area contributed by atoms with Crippen LogP contribution in [-0.4, -0.2) is 20.6 Å². The summed E-state index contributed by atoms with van der Waals surface area (Å²) in [6, 6.07) is 6.40. The van der Waals surface area contributed by atoms with E-state index in [0.29, 0.717) is 11.4 Å². The van der Waals surface area contributed by atoms with Gasteiger partial charge >= 0.3 is 0 Å². The van der Waals surface area contributed by atoms with Crippen molar-refractivity contribution < 1.29 is 18.5 Å². The molecule has 0 bridgehead atoms. The number of carbonyl (C=O) groups is 1. The number of carbonyl (C=O) groups excluding carboxylic acids is 1. The van der Waals surface area contributed by atoms with Crippen molar-refractivity contribution in [3.63, 3.8) is 0 Å². The van der Waals surface area contributed by atoms with Crippen LogP contribution in [-0.2, 0) is 11.3 Å². The summed E-state index contributed by atoms with van der Waals surface area (Å²) in [5.41, 5.74) is 0.272. The smallest absolute Gasteiger partial charge is 0.280 e. The highest BCUT2D eigenvalue weighted by Crippen LogP contribution is 2.20. The lowest BCUT2D eigenvalue weighted by atomic mass is 10.3. The summed E-state index contributed by atoms with van der Waals surface area (Å²) in [6.07, 6.45) is -2.73. The van der Waals surface area contributed by atoms with Crippen molar-refractivity contribution >= 4 is 17.3 Å². The number of nitrogens with one attached hydrogen (secondary N) is 1. The molecule has 0 fully saturated rings. The molecule has 2 aromatic rings. The second kappa shape index (κ2) is 6.29. The molecule has 116 valence electrons. The third kappa shape index (κ3) is 3.62. The summed E-state index contributed by atoms with van der Waals surface area (Å²) < 4.78 is 26.5. The Kier molecular flexibility index (Phi) is 4.44. The fourth-order valence-corrected chi connectivity index (χ4v) is 1.87. The SMILES string of the molecule is Cc1cc(C(F)F)n(CC(=O)Nc2ccc([N+](=O)[O-])cc2)n1. The van der Waals surface area contributed by atoms with Crippen molar-refractivity contribution in [3.8, 4) is 0 Å². The minimum absolute atomic E-state index is 0.110. The topological polar surface area (TPSA) is 90.1 Å². The van der Waals surface area contributed by atoms with Crippen molar-refractivity contribution in [2.45, 2.75) is 19.9 Å². The highest BCUT2D eigenvalue weighted by Gasteiger charge is 2.17. The monoisotopic (exact) mass is 310 g/mol. The van der Waals surface area contributed by atoms with Gasteiger partial charge in [-0.25, -0.2) is 8.78 Å². The average Bonchev–Trinajstić information content (AvgIpc) is 2.80. The quantitative estimate of drug-likeness (QED) is 0.679. The van der Waals surface area contributed by atoms with Gasteiger partial charge in [0.1, 0.15) is 12.2 Å². The number of alkyl halides is 2. The predicted molar refractivity (Wildman–Crippen MR) is 73.6 cm³/mol. The first-order valence-electron chi connectivity index (χ1n) is 6.23. The molecule has 0 unspecified atom stereocenters. The molecule has 9 heteroatoms. The summed E-state index contributed by atoms with van der Waals surface area (Å²) in [7, 11) is 0. The third-order valence-electron chi connectivity index (χ3n) is 2.81. The number of aromatic nitrogens is 2. The number of non-ortho nitro benzene ring substituents is 1. The van der Waals surface area contributed by atoms with E-state index >= 15 is 0 Å². The van der Waals surface area contributed by atoms with Crippen LogP contribution in [0.25, 0.3) is 0 Å². The number of rotatable bonds is 5. The molecule has 0 aliphatic heterocycles. The second-order valence-corrected chi connectivity index (χ2v) is 4.52. The summed E-state index contributed by atoms with van der Waals surface area (Å²) in [5, 5.41) is 16.8. The van der Waals surface area contributed by atoms with Crippen molar-refractivity contribution in [2.24, 2.45) is 0 Å². The number of nitrogens with zero attached hydrogens (tertiary/aromatic N) is 3. The summed E-state index contributed by atoms with van der Waals surface area (Å²) >= 11 is 0. The van der Waals surface area contributed by atoms with Crippen molar-refractivity contribution in [2.75, 3.05) is 5.32 Å². The summed E-state index contributed by atoms with van der Waals surface area (Å²) in [5.74, 6) is -0.557. The Morgan fingerprint density at radius 1 is 1.41 bits per heavy atom. The Bertz CT molecular complexity index is 698. The largest absolute Gasteiger partial charge is 0.324 e. The number of aryl methyl sites for hydroxylation is 1. The maximum Gasteiger partial charge on any atom is 0.280 e. The fourth-order valence-electron chi connectivity index (χ4n) is 1.87. The molecule has 0 aliphatic carbocycles. The van der Waals surface area contributed by atoms with Crippen LogP contribution in [0.3, 0.4) is 0 Å². The number of nitro benzene ring substituents is 1. The maximum atomic E-state index is 12.8. The lowest BCUT2D eigenvalue weighted by Crippen LogP contribution is -2.21. The molecule has 0 aliphatic rings. The number of amides is 1. The van der Waals surface area contributed by atoms with E-state index in [1.165, 1.54) is 30.3 Å². The highest BCUT2D eigenvalue weighted by molar-refractivity contribution is 5.90. The number of hydrogen-bond donors (Lipinski definition) is 1. The molecular formula is C13H12F2N4O3. The molecule has 0 saturated heterocycles. The Balaban J connectivity index is 2.05. The zero-order valence-corrected chi connectivity index (χ0v) is 11.5. The van der Waals surface area contributed by atoms with E-state index in [9.17, 15) is 23.7 Å². The van der Waals surface area contributed by atoms with Crippen LogP contribution in [0.4, 0.5) is 20.2 Å². The minimum Gasteiger partial charge on any atom is -0.324 e. The lowest BCUT2D eigenvalue weighted by molar-refractivity contribution is -0.384. The first-order chi connectivity index (χ1) is 10.4. The van der Waals surface area contributed by atoms with Gasteiger partial charge in [0.05, 0.1) is 10.6 Å². The van der Waals surface area contributed by atoms with Gasteiger partial charge in [0, 0.05) is 17.8 Å². The van der Waals surface area contributed by atoms with Gasteiger partial charge in [0.2, 0.25) is 5.91 Å². The van der Waals surface area contributed by atoms with Gasteiger partial charge in [-0.2, -0.15) is 5.10 Å². The molecule has 1 N–H and O–H groups in total. The van der Waals surface area contributed by atoms with Crippen LogP contribution in [0.5, 0.6) is 0 Å². The molecule has 1 aromatic carbocycles. The first kappa shape index (κ1) is 15.5. The zero-order chi connectivity index (χ0) is 16.3. The number of nitro groups is 1. The second-order valence-electron chi connectivity index (χ2n) is 4.52. The van der Waals surface area contributed by atoms with E-state index in [2.05, 4.69) is 10.4 Å². The molecule has 7 nitrogen and oxygen atoms in total. The number of halogens is 2. The molecule has 22 heavy (non-hydrogen) atoms. The molecule has 0 atom stereocenters.